The van der Waals surface area contributed by atoms with Crippen LogP contribution in [0.2, 0.25) is 0 Å². The largest absolute Gasteiger partial charge is 0.444 e. The predicted molar refractivity (Wildman–Crippen MR) is 89.5 cm³/mol. The summed E-state index contributed by atoms with van der Waals surface area (Å²) in [7, 11) is 4.05. The predicted octanol–water partition coefficient (Wildman–Crippen LogP) is 1.53. The number of hydrogen-bond donors (Lipinski definition) is 1. The molecule has 7 heteroatoms. The van der Waals surface area contributed by atoms with E-state index in [-0.39, 0.29) is 0 Å². The van der Waals surface area contributed by atoms with Gasteiger partial charge in [0.2, 0.25) is 0 Å². The van der Waals surface area contributed by atoms with Gasteiger partial charge in [-0.15, -0.1) is 0 Å². The molecule has 1 N–H and O–H groups in total. The van der Waals surface area contributed by atoms with Gasteiger partial charge in [-0.05, 0) is 34.9 Å². The summed E-state index contributed by atoms with van der Waals surface area (Å²) >= 11 is 0. The molecule has 1 aromatic heterocycles. The third kappa shape index (κ3) is 9.20. The average molecular weight is 326 g/mol. The Balaban J connectivity index is 2.25. The summed E-state index contributed by atoms with van der Waals surface area (Å²) in [6.07, 6.45) is 3.92. The molecule has 1 rings (SSSR count). The summed E-state index contributed by atoms with van der Waals surface area (Å²) in [5, 5.41) is 2.75. The molecular weight excluding hydrogens is 296 g/mol. The van der Waals surface area contributed by atoms with Crippen LogP contribution >= 0.6 is 0 Å². The van der Waals surface area contributed by atoms with Crippen molar-refractivity contribution in [2.75, 3.05) is 40.4 Å². The molecule has 23 heavy (non-hydrogen) atoms. The lowest BCUT2D eigenvalue weighted by atomic mass is 10.2. The molecule has 132 valence electrons. The van der Waals surface area contributed by atoms with Crippen molar-refractivity contribution in [3.63, 3.8) is 0 Å². The summed E-state index contributed by atoms with van der Waals surface area (Å²) in [6, 6.07) is 0. The first-order chi connectivity index (χ1) is 10.8. The van der Waals surface area contributed by atoms with Crippen molar-refractivity contribution in [3.05, 3.63) is 18.2 Å². The molecule has 0 fully saturated rings. The van der Waals surface area contributed by atoms with Crippen molar-refractivity contribution in [2.45, 2.75) is 39.3 Å². The van der Waals surface area contributed by atoms with Crippen LogP contribution < -0.4 is 5.32 Å². The molecule has 0 aliphatic rings. The second-order valence-electron chi connectivity index (χ2n) is 6.67. The van der Waals surface area contributed by atoms with Gasteiger partial charge in [-0.1, -0.05) is 0 Å². The van der Waals surface area contributed by atoms with Crippen LogP contribution in [0.4, 0.5) is 4.79 Å². The third-order valence-electron chi connectivity index (χ3n) is 3.01. The van der Waals surface area contributed by atoms with Crippen molar-refractivity contribution in [1.82, 2.24) is 19.8 Å². The zero-order chi connectivity index (χ0) is 17.3. The van der Waals surface area contributed by atoms with Gasteiger partial charge >= 0.3 is 6.09 Å². The molecule has 0 aliphatic heterocycles. The summed E-state index contributed by atoms with van der Waals surface area (Å²) in [5.74, 6) is 0. The maximum Gasteiger partial charge on any atom is 0.407 e. The molecule has 0 aliphatic carbocycles. The molecule has 0 bridgehead atoms. The van der Waals surface area contributed by atoms with Crippen molar-refractivity contribution in [1.29, 1.82) is 0 Å². The number of rotatable bonds is 9. The molecule has 0 saturated carbocycles. The van der Waals surface area contributed by atoms with E-state index in [2.05, 4.69) is 15.2 Å². The highest BCUT2D eigenvalue weighted by molar-refractivity contribution is 5.67. The van der Waals surface area contributed by atoms with Crippen molar-refractivity contribution >= 4 is 6.09 Å². The average Bonchev–Trinajstić information content (AvgIpc) is 2.83. The van der Waals surface area contributed by atoms with E-state index in [1.54, 1.807) is 6.33 Å². The molecule has 0 unspecified atom stereocenters. The Morgan fingerprint density at radius 1 is 1.35 bits per heavy atom. The Hall–Kier alpha value is -1.60. The van der Waals surface area contributed by atoms with Crippen LogP contribution in [0.3, 0.4) is 0 Å². The van der Waals surface area contributed by atoms with Gasteiger partial charge in [0.1, 0.15) is 5.60 Å². The fourth-order valence-electron chi connectivity index (χ4n) is 1.88. The lowest BCUT2D eigenvalue weighted by Crippen LogP contribution is -2.33. The van der Waals surface area contributed by atoms with Gasteiger partial charge in [0, 0.05) is 37.9 Å². The first kappa shape index (κ1) is 19.4. The highest BCUT2D eigenvalue weighted by atomic mass is 16.6. The van der Waals surface area contributed by atoms with Gasteiger partial charge in [0.25, 0.3) is 0 Å². The summed E-state index contributed by atoms with van der Waals surface area (Å²) in [4.78, 5) is 17.8. The lowest BCUT2D eigenvalue weighted by molar-refractivity contribution is 0.0528. The molecule has 1 heterocycles. The highest BCUT2D eigenvalue weighted by Gasteiger charge is 2.15. The Kier molecular flexibility index (Phi) is 8.05. The molecular formula is C16H30N4O3. The molecule has 0 aromatic carbocycles. The second-order valence-corrected chi connectivity index (χ2v) is 6.67. The molecule has 0 saturated heterocycles. The van der Waals surface area contributed by atoms with Gasteiger partial charge in [0.05, 0.1) is 19.5 Å². The van der Waals surface area contributed by atoms with E-state index in [1.807, 2.05) is 45.6 Å². The van der Waals surface area contributed by atoms with E-state index >= 15 is 0 Å². The third-order valence-corrected chi connectivity index (χ3v) is 3.01. The molecule has 1 aromatic rings. The summed E-state index contributed by atoms with van der Waals surface area (Å²) < 4.78 is 12.8. The van der Waals surface area contributed by atoms with Gasteiger partial charge in [-0.2, -0.15) is 0 Å². The maximum absolute atomic E-state index is 11.6. The Morgan fingerprint density at radius 2 is 2.09 bits per heavy atom. The van der Waals surface area contributed by atoms with E-state index in [0.717, 1.165) is 25.4 Å². The molecule has 0 radical (unpaired) electrons. The van der Waals surface area contributed by atoms with E-state index in [1.165, 1.54) is 0 Å². The number of aromatic nitrogens is 2. The minimum Gasteiger partial charge on any atom is -0.444 e. The number of likely N-dealkylation sites (N-methyl/N-ethyl adjacent to an activating group) is 1. The minimum absolute atomic E-state index is 0.393. The number of ether oxygens (including phenoxy) is 2. The Morgan fingerprint density at radius 3 is 2.74 bits per heavy atom. The highest BCUT2D eigenvalue weighted by Crippen LogP contribution is 2.06. The van der Waals surface area contributed by atoms with Gasteiger partial charge in [-0.3, -0.25) is 0 Å². The SMILES string of the molecule is CN(C)CCOCCn1cncc1CCNC(=O)OC(C)(C)C. The van der Waals surface area contributed by atoms with Gasteiger partial charge in [0.15, 0.2) is 0 Å². The fourth-order valence-corrected chi connectivity index (χ4v) is 1.88. The first-order valence-corrected chi connectivity index (χ1v) is 7.96. The van der Waals surface area contributed by atoms with Crippen LogP contribution in [0.5, 0.6) is 0 Å². The molecule has 7 nitrogen and oxygen atoms in total. The number of alkyl carbamates (subject to hydrolysis) is 1. The second kappa shape index (κ2) is 9.52. The number of nitrogens with zero attached hydrogens (tertiary/aromatic N) is 3. The summed E-state index contributed by atoms with van der Waals surface area (Å²) in [5.41, 5.74) is 0.590. The van der Waals surface area contributed by atoms with Crippen LogP contribution in [-0.4, -0.2) is 66.5 Å². The number of hydrogen-bond acceptors (Lipinski definition) is 5. The molecule has 0 atom stereocenters. The van der Waals surface area contributed by atoms with E-state index in [0.29, 0.717) is 19.6 Å². The van der Waals surface area contributed by atoms with Crippen LogP contribution in [0.15, 0.2) is 12.5 Å². The molecule has 0 spiro atoms. The van der Waals surface area contributed by atoms with Crippen LogP contribution in [0.25, 0.3) is 0 Å². The zero-order valence-electron chi connectivity index (χ0n) is 15.0. The quantitative estimate of drug-likeness (QED) is 0.697. The standard InChI is InChI=1S/C16H30N4O3/c1-16(2,3)23-15(21)18-7-6-14-12-17-13-20(14)9-11-22-10-8-19(4)5/h12-13H,6-11H2,1-5H3,(H,18,21). The maximum atomic E-state index is 11.6. The zero-order valence-corrected chi connectivity index (χ0v) is 15.0. The Labute approximate surface area is 139 Å². The first-order valence-electron chi connectivity index (χ1n) is 7.96. The number of carbonyl (C=O) groups is 1. The van der Waals surface area contributed by atoms with Gasteiger partial charge < -0.3 is 24.3 Å². The van der Waals surface area contributed by atoms with Crippen LogP contribution in [0, 0.1) is 0 Å². The fraction of sp³-hybridized carbons (Fsp3) is 0.750. The van der Waals surface area contributed by atoms with Crippen molar-refractivity contribution < 1.29 is 14.3 Å². The smallest absolute Gasteiger partial charge is 0.407 e. The lowest BCUT2D eigenvalue weighted by Gasteiger charge is -2.19. The normalized spacial score (nSPS) is 11.7. The van der Waals surface area contributed by atoms with E-state index < -0.39 is 11.7 Å². The van der Waals surface area contributed by atoms with E-state index in [9.17, 15) is 4.79 Å². The number of carbonyl (C=O) groups excluding carboxylic acids is 1. The Bertz CT molecular complexity index is 466. The number of imidazole rings is 1. The summed E-state index contributed by atoms with van der Waals surface area (Å²) in [6.45, 7) is 9.09. The molecule has 1 amide bonds. The topological polar surface area (TPSA) is 68.6 Å². The van der Waals surface area contributed by atoms with E-state index in [4.69, 9.17) is 9.47 Å². The monoisotopic (exact) mass is 326 g/mol. The number of amides is 1. The van der Waals surface area contributed by atoms with Crippen LogP contribution in [0.1, 0.15) is 26.5 Å². The van der Waals surface area contributed by atoms with Crippen LogP contribution in [-0.2, 0) is 22.4 Å². The minimum atomic E-state index is -0.476. The van der Waals surface area contributed by atoms with Crippen molar-refractivity contribution in [2.24, 2.45) is 0 Å². The van der Waals surface area contributed by atoms with Gasteiger partial charge in [-0.25, -0.2) is 9.78 Å². The number of nitrogens with one attached hydrogen (secondary N) is 1. The van der Waals surface area contributed by atoms with Crippen molar-refractivity contribution in [3.8, 4) is 0 Å².